The van der Waals surface area contributed by atoms with Gasteiger partial charge in [-0.3, -0.25) is 0 Å². The van der Waals surface area contributed by atoms with Gasteiger partial charge in [0.15, 0.2) is 5.82 Å². The van der Waals surface area contributed by atoms with Crippen LogP contribution in [0.4, 0.5) is 5.82 Å². The molecule has 0 spiro atoms. The van der Waals surface area contributed by atoms with Crippen molar-refractivity contribution in [1.82, 2.24) is 15.0 Å². The van der Waals surface area contributed by atoms with E-state index in [1.54, 1.807) is 23.0 Å². The summed E-state index contributed by atoms with van der Waals surface area (Å²) in [5.41, 5.74) is 2.60. The Balaban J connectivity index is 2.31. The molecule has 0 aliphatic heterocycles. The van der Waals surface area contributed by atoms with Crippen molar-refractivity contribution >= 4 is 17.2 Å². The van der Waals surface area contributed by atoms with Crippen LogP contribution < -0.4 is 5.32 Å². The average Bonchev–Trinajstić information content (AvgIpc) is 2.71. The topological polar surface area (TPSA) is 50.7 Å². The second-order valence-electron chi connectivity index (χ2n) is 2.67. The maximum Gasteiger partial charge on any atom is 0.181 e. The highest BCUT2D eigenvalue weighted by Crippen LogP contribution is 2.15. The number of thiazole rings is 1. The Morgan fingerprint density at radius 2 is 2.36 bits per heavy atom. The first-order valence-electron chi connectivity index (χ1n) is 4.35. The van der Waals surface area contributed by atoms with Gasteiger partial charge >= 0.3 is 0 Å². The second kappa shape index (κ2) is 4.15. The molecule has 72 valence electrons. The zero-order chi connectivity index (χ0) is 9.80. The second-order valence-corrected chi connectivity index (χ2v) is 3.39. The maximum atomic E-state index is 4.33. The van der Waals surface area contributed by atoms with Gasteiger partial charge in [0.05, 0.1) is 5.51 Å². The van der Waals surface area contributed by atoms with E-state index in [-0.39, 0.29) is 0 Å². The number of hydrogen-bond acceptors (Lipinski definition) is 5. The van der Waals surface area contributed by atoms with Gasteiger partial charge in [-0.25, -0.2) is 15.0 Å². The molecule has 0 saturated heterocycles. The van der Waals surface area contributed by atoms with E-state index in [2.05, 4.69) is 20.3 Å². The molecule has 0 amide bonds. The molecule has 2 rings (SSSR count). The molecule has 14 heavy (non-hydrogen) atoms. The highest BCUT2D eigenvalue weighted by molar-refractivity contribution is 7.07. The van der Waals surface area contributed by atoms with Gasteiger partial charge in [0.25, 0.3) is 0 Å². The molecule has 4 nitrogen and oxygen atoms in total. The SMILES string of the molecule is CCNc1ccnc(-c2cscn2)n1. The lowest BCUT2D eigenvalue weighted by Crippen LogP contribution is -2.00. The van der Waals surface area contributed by atoms with E-state index in [0.29, 0.717) is 5.82 Å². The van der Waals surface area contributed by atoms with Gasteiger partial charge in [-0.05, 0) is 13.0 Å². The third kappa shape index (κ3) is 1.88. The summed E-state index contributed by atoms with van der Waals surface area (Å²) in [4.78, 5) is 12.6. The van der Waals surface area contributed by atoms with Crippen LogP contribution in [0.2, 0.25) is 0 Å². The molecule has 0 saturated carbocycles. The number of nitrogens with one attached hydrogen (secondary N) is 1. The third-order valence-electron chi connectivity index (χ3n) is 1.67. The summed E-state index contributed by atoms with van der Waals surface area (Å²) in [7, 11) is 0. The first-order valence-corrected chi connectivity index (χ1v) is 5.30. The zero-order valence-corrected chi connectivity index (χ0v) is 8.58. The molecule has 0 atom stereocenters. The molecule has 0 aliphatic rings. The van der Waals surface area contributed by atoms with Gasteiger partial charge in [0.1, 0.15) is 11.5 Å². The van der Waals surface area contributed by atoms with Crippen molar-refractivity contribution in [2.75, 3.05) is 11.9 Å². The van der Waals surface area contributed by atoms with E-state index < -0.39 is 0 Å². The highest BCUT2D eigenvalue weighted by Gasteiger charge is 2.03. The van der Waals surface area contributed by atoms with E-state index in [0.717, 1.165) is 18.1 Å². The number of anilines is 1. The molecule has 0 fully saturated rings. The number of hydrogen-bond donors (Lipinski definition) is 1. The predicted octanol–water partition coefficient (Wildman–Crippen LogP) is 2.03. The van der Waals surface area contributed by atoms with Gasteiger partial charge in [0.2, 0.25) is 0 Å². The van der Waals surface area contributed by atoms with E-state index in [9.17, 15) is 0 Å². The van der Waals surface area contributed by atoms with Crippen molar-refractivity contribution in [2.45, 2.75) is 6.92 Å². The summed E-state index contributed by atoms with van der Waals surface area (Å²) in [5, 5.41) is 5.07. The Kier molecular flexibility index (Phi) is 2.69. The largest absolute Gasteiger partial charge is 0.370 e. The molecule has 2 aromatic rings. The van der Waals surface area contributed by atoms with Crippen molar-refractivity contribution in [3.8, 4) is 11.5 Å². The van der Waals surface area contributed by atoms with Crippen LogP contribution in [-0.4, -0.2) is 21.5 Å². The normalized spacial score (nSPS) is 10.1. The highest BCUT2D eigenvalue weighted by atomic mass is 32.1. The Hall–Kier alpha value is -1.49. The third-order valence-corrected chi connectivity index (χ3v) is 2.26. The molecular formula is C9H10N4S. The molecular weight excluding hydrogens is 196 g/mol. The standard InChI is InChI=1S/C9H10N4S/c1-2-10-8-3-4-11-9(13-8)7-5-14-6-12-7/h3-6H,2H2,1H3,(H,10,11,13). The minimum Gasteiger partial charge on any atom is -0.370 e. The van der Waals surface area contributed by atoms with Gasteiger partial charge < -0.3 is 5.32 Å². The smallest absolute Gasteiger partial charge is 0.181 e. The Morgan fingerprint density at radius 1 is 1.43 bits per heavy atom. The van der Waals surface area contributed by atoms with Crippen LogP contribution in [0.5, 0.6) is 0 Å². The van der Waals surface area contributed by atoms with Gasteiger partial charge in [-0.15, -0.1) is 11.3 Å². The lowest BCUT2D eigenvalue weighted by molar-refractivity contribution is 1.11. The van der Waals surface area contributed by atoms with Crippen LogP contribution >= 0.6 is 11.3 Å². The van der Waals surface area contributed by atoms with Gasteiger partial charge in [-0.2, -0.15) is 0 Å². The molecule has 0 aromatic carbocycles. The quantitative estimate of drug-likeness (QED) is 0.834. The van der Waals surface area contributed by atoms with E-state index >= 15 is 0 Å². The van der Waals surface area contributed by atoms with Crippen molar-refractivity contribution in [2.24, 2.45) is 0 Å². The number of aromatic nitrogens is 3. The van der Waals surface area contributed by atoms with E-state index in [1.165, 1.54) is 0 Å². The summed E-state index contributed by atoms with van der Waals surface area (Å²) in [6.07, 6.45) is 1.74. The Labute approximate surface area is 86.1 Å². The summed E-state index contributed by atoms with van der Waals surface area (Å²) in [6, 6.07) is 1.85. The van der Waals surface area contributed by atoms with Crippen LogP contribution in [0.15, 0.2) is 23.2 Å². The molecule has 0 aliphatic carbocycles. The molecule has 1 N–H and O–H groups in total. The monoisotopic (exact) mass is 206 g/mol. The summed E-state index contributed by atoms with van der Waals surface area (Å²) < 4.78 is 0. The first kappa shape index (κ1) is 9.08. The fraction of sp³-hybridized carbons (Fsp3) is 0.222. The molecule has 2 aromatic heterocycles. The van der Waals surface area contributed by atoms with Crippen molar-refractivity contribution in [1.29, 1.82) is 0 Å². The molecule has 2 heterocycles. The van der Waals surface area contributed by atoms with Crippen LogP contribution in [-0.2, 0) is 0 Å². The van der Waals surface area contributed by atoms with Crippen molar-refractivity contribution in [3.05, 3.63) is 23.2 Å². The van der Waals surface area contributed by atoms with E-state index in [1.807, 2.05) is 18.4 Å². The average molecular weight is 206 g/mol. The summed E-state index contributed by atoms with van der Waals surface area (Å²) in [6.45, 7) is 2.89. The molecule has 0 unspecified atom stereocenters. The number of nitrogens with zero attached hydrogens (tertiary/aromatic N) is 3. The minimum absolute atomic E-state index is 0.671. The summed E-state index contributed by atoms with van der Waals surface area (Å²) in [5.74, 6) is 1.51. The molecule has 0 bridgehead atoms. The van der Waals surface area contributed by atoms with Crippen molar-refractivity contribution < 1.29 is 0 Å². The first-order chi connectivity index (χ1) is 6.90. The minimum atomic E-state index is 0.671. The fourth-order valence-corrected chi connectivity index (χ4v) is 1.62. The van der Waals surface area contributed by atoms with Gasteiger partial charge in [0, 0.05) is 18.1 Å². The maximum absolute atomic E-state index is 4.33. The van der Waals surface area contributed by atoms with Crippen LogP contribution in [0.1, 0.15) is 6.92 Å². The fourth-order valence-electron chi connectivity index (χ4n) is 1.08. The molecule has 5 heteroatoms. The van der Waals surface area contributed by atoms with E-state index in [4.69, 9.17) is 0 Å². The Morgan fingerprint density at radius 3 is 3.07 bits per heavy atom. The van der Waals surface area contributed by atoms with Crippen molar-refractivity contribution in [3.63, 3.8) is 0 Å². The van der Waals surface area contributed by atoms with Crippen LogP contribution in [0.3, 0.4) is 0 Å². The summed E-state index contributed by atoms with van der Waals surface area (Å²) >= 11 is 1.54. The van der Waals surface area contributed by atoms with Crippen LogP contribution in [0, 0.1) is 0 Å². The van der Waals surface area contributed by atoms with Crippen LogP contribution in [0.25, 0.3) is 11.5 Å². The molecule has 0 radical (unpaired) electrons. The lowest BCUT2D eigenvalue weighted by Gasteiger charge is -2.02. The number of rotatable bonds is 3. The van der Waals surface area contributed by atoms with Gasteiger partial charge in [-0.1, -0.05) is 0 Å². The Bertz CT molecular complexity index is 399. The lowest BCUT2D eigenvalue weighted by atomic mass is 10.4. The zero-order valence-electron chi connectivity index (χ0n) is 7.77. The predicted molar refractivity (Wildman–Crippen MR) is 57.3 cm³/mol.